The van der Waals surface area contributed by atoms with E-state index in [4.69, 9.17) is 15.8 Å². The summed E-state index contributed by atoms with van der Waals surface area (Å²) >= 11 is 0. The Labute approximate surface area is 184 Å². The fraction of sp³-hybridized carbons (Fsp3) is 0.261. The predicted molar refractivity (Wildman–Crippen MR) is 115 cm³/mol. The summed E-state index contributed by atoms with van der Waals surface area (Å²) in [5, 5.41) is 19.8. The van der Waals surface area contributed by atoms with Crippen LogP contribution in [0, 0.1) is 6.57 Å². The van der Waals surface area contributed by atoms with Crippen molar-refractivity contribution in [3.05, 3.63) is 54.0 Å². The van der Waals surface area contributed by atoms with Gasteiger partial charge in [0.1, 0.15) is 5.75 Å². The molecule has 0 N–H and O–H groups in total. The number of benzene rings is 2. The van der Waals surface area contributed by atoms with E-state index in [0.717, 1.165) is 22.9 Å². The number of hydrogen-bond acceptors (Lipinski definition) is 7. The molecule has 1 atom stereocenters. The van der Waals surface area contributed by atoms with Crippen molar-refractivity contribution in [2.45, 2.75) is 39.3 Å². The Bertz CT molecular complexity index is 1320. The first-order valence-electron chi connectivity index (χ1n) is 10.2. The molecule has 2 heterocycles. The number of carboxylic acids is 1. The van der Waals surface area contributed by atoms with E-state index in [1.807, 2.05) is 32.0 Å². The summed E-state index contributed by atoms with van der Waals surface area (Å²) < 4.78 is 12.8. The maximum absolute atomic E-state index is 10.7. The number of nitrogens with zero attached hydrogens (tertiary/aromatic N) is 5. The topological polar surface area (TPSA) is 110 Å². The van der Waals surface area contributed by atoms with Gasteiger partial charge in [0.05, 0.1) is 24.4 Å². The lowest BCUT2D eigenvalue weighted by molar-refractivity contribution is -0.305. The van der Waals surface area contributed by atoms with Gasteiger partial charge in [-0.05, 0) is 49.7 Å². The molecular formula is C23H20N5O4-. The third-order valence-electron chi connectivity index (χ3n) is 5.08. The Balaban J connectivity index is 1.59. The first kappa shape index (κ1) is 21.1. The highest BCUT2D eigenvalue weighted by molar-refractivity contribution is 5.83. The molecule has 32 heavy (non-hydrogen) atoms. The molecule has 0 fully saturated rings. The standard InChI is InChI=1S/C23H21N5O4/c1-4-14(2)31-20-8-6-16(12-18(20)24-3)23-26-22(27-32-23)15-5-7-19-17(11-15)13-25-28(19)10-9-21(29)30/h5-8,11-14H,4,9-10H2,1-2H3,(H,29,30)/p-1/t14-/m1/s1. The van der Waals surface area contributed by atoms with Crippen molar-refractivity contribution in [3.8, 4) is 28.6 Å². The summed E-state index contributed by atoms with van der Waals surface area (Å²) in [5.41, 5.74) is 2.54. The molecule has 0 saturated carbocycles. The second-order valence-electron chi connectivity index (χ2n) is 7.32. The van der Waals surface area contributed by atoms with Gasteiger partial charge in [0, 0.05) is 35.4 Å². The summed E-state index contributed by atoms with van der Waals surface area (Å²) in [6.45, 7) is 11.7. The molecule has 0 amide bonds. The van der Waals surface area contributed by atoms with Crippen LogP contribution in [0.1, 0.15) is 26.7 Å². The average Bonchev–Trinajstić information content (AvgIpc) is 3.45. The van der Waals surface area contributed by atoms with Gasteiger partial charge in [-0.2, -0.15) is 10.1 Å². The Kier molecular flexibility index (Phi) is 5.85. The van der Waals surface area contributed by atoms with Crippen molar-refractivity contribution >= 4 is 22.6 Å². The lowest BCUT2D eigenvalue weighted by Crippen LogP contribution is -2.23. The summed E-state index contributed by atoms with van der Waals surface area (Å²) in [6.07, 6.45) is 2.40. The van der Waals surface area contributed by atoms with Gasteiger partial charge < -0.3 is 19.2 Å². The third-order valence-corrected chi connectivity index (χ3v) is 5.08. The highest BCUT2D eigenvalue weighted by Gasteiger charge is 2.15. The number of rotatable bonds is 8. The summed E-state index contributed by atoms with van der Waals surface area (Å²) in [6, 6.07) is 10.7. The highest BCUT2D eigenvalue weighted by Crippen LogP contribution is 2.34. The molecule has 2 aromatic heterocycles. The molecule has 9 nitrogen and oxygen atoms in total. The predicted octanol–water partition coefficient (Wildman–Crippen LogP) is 3.62. The maximum Gasteiger partial charge on any atom is 0.256 e. The Morgan fingerprint density at radius 1 is 1.28 bits per heavy atom. The van der Waals surface area contributed by atoms with Crippen molar-refractivity contribution in [1.29, 1.82) is 0 Å². The van der Waals surface area contributed by atoms with Crippen LogP contribution in [0.4, 0.5) is 5.69 Å². The lowest BCUT2D eigenvalue weighted by atomic mass is 10.1. The van der Waals surface area contributed by atoms with E-state index in [0.29, 0.717) is 28.7 Å². The number of aryl methyl sites for hydroxylation is 1. The molecule has 0 spiro atoms. The average molecular weight is 430 g/mol. The maximum atomic E-state index is 10.7. The zero-order valence-electron chi connectivity index (χ0n) is 17.6. The lowest BCUT2D eigenvalue weighted by Gasteiger charge is -2.14. The van der Waals surface area contributed by atoms with E-state index in [1.54, 1.807) is 29.1 Å². The van der Waals surface area contributed by atoms with Crippen LogP contribution in [0.15, 0.2) is 47.1 Å². The van der Waals surface area contributed by atoms with E-state index >= 15 is 0 Å². The number of carboxylic acid groups (broad SMARTS) is 1. The van der Waals surface area contributed by atoms with Crippen LogP contribution >= 0.6 is 0 Å². The van der Waals surface area contributed by atoms with Crippen LogP contribution in [0.3, 0.4) is 0 Å². The normalized spacial score (nSPS) is 11.9. The minimum absolute atomic E-state index is 0.0106. The van der Waals surface area contributed by atoms with Gasteiger partial charge in [-0.3, -0.25) is 4.68 Å². The largest absolute Gasteiger partial charge is 0.550 e. The van der Waals surface area contributed by atoms with Crippen LogP contribution in [0.25, 0.3) is 38.6 Å². The fourth-order valence-electron chi connectivity index (χ4n) is 3.20. The van der Waals surface area contributed by atoms with Gasteiger partial charge in [-0.15, -0.1) is 0 Å². The molecule has 0 aliphatic carbocycles. The molecule has 4 aromatic rings. The minimum Gasteiger partial charge on any atom is -0.550 e. The van der Waals surface area contributed by atoms with E-state index < -0.39 is 5.97 Å². The molecule has 0 radical (unpaired) electrons. The van der Waals surface area contributed by atoms with Gasteiger partial charge in [0.25, 0.3) is 5.89 Å². The van der Waals surface area contributed by atoms with Gasteiger partial charge in [-0.25, -0.2) is 4.85 Å². The van der Waals surface area contributed by atoms with Crippen LogP contribution < -0.4 is 9.84 Å². The zero-order valence-corrected chi connectivity index (χ0v) is 17.6. The molecular weight excluding hydrogens is 410 g/mol. The molecule has 9 heteroatoms. The summed E-state index contributed by atoms with van der Waals surface area (Å²) in [4.78, 5) is 18.7. The van der Waals surface area contributed by atoms with Crippen LogP contribution in [-0.2, 0) is 11.3 Å². The monoisotopic (exact) mass is 430 g/mol. The van der Waals surface area contributed by atoms with Gasteiger partial charge >= 0.3 is 0 Å². The Morgan fingerprint density at radius 2 is 2.09 bits per heavy atom. The van der Waals surface area contributed by atoms with Crippen molar-refractivity contribution in [2.75, 3.05) is 0 Å². The fourth-order valence-corrected chi connectivity index (χ4v) is 3.20. The van der Waals surface area contributed by atoms with Crippen molar-refractivity contribution in [1.82, 2.24) is 19.9 Å². The molecule has 0 aliphatic rings. The van der Waals surface area contributed by atoms with Crippen LogP contribution in [-0.4, -0.2) is 32.0 Å². The SMILES string of the molecule is [C-]#[N+]c1cc(-c2nc(-c3ccc4c(cnn4CCC(=O)[O-])c3)no2)ccc1O[C@H](C)CC. The van der Waals surface area contributed by atoms with E-state index in [-0.39, 0.29) is 19.1 Å². The Morgan fingerprint density at radius 3 is 2.84 bits per heavy atom. The number of fused-ring (bicyclic) bond motifs is 1. The van der Waals surface area contributed by atoms with E-state index in [1.165, 1.54) is 0 Å². The molecule has 0 saturated heterocycles. The quantitative estimate of drug-likeness (QED) is 0.393. The second kappa shape index (κ2) is 8.89. The molecule has 4 rings (SSSR count). The van der Waals surface area contributed by atoms with E-state index in [9.17, 15) is 9.90 Å². The van der Waals surface area contributed by atoms with Crippen molar-refractivity contribution in [2.24, 2.45) is 0 Å². The van der Waals surface area contributed by atoms with Crippen LogP contribution in [0.5, 0.6) is 5.75 Å². The smallest absolute Gasteiger partial charge is 0.256 e. The molecule has 162 valence electrons. The second-order valence-corrected chi connectivity index (χ2v) is 7.32. The molecule has 0 unspecified atom stereocenters. The minimum atomic E-state index is -1.12. The van der Waals surface area contributed by atoms with Crippen molar-refractivity contribution in [3.63, 3.8) is 0 Å². The summed E-state index contributed by atoms with van der Waals surface area (Å²) in [5.74, 6) is 0.0999. The first-order chi connectivity index (χ1) is 15.5. The number of aliphatic carboxylic acids is 1. The number of aromatic nitrogens is 4. The highest BCUT2D eigenvalue weighted by atomic mass is 16.5. The third kappa shape index (κ3) is 4.30. The molecule has 2 aromatic carbocycles. The Hall–Kier alpha value is -4.19. The van der Waals surface area contributed by atoms with Gasteiger partial charge in [-0.1, -0.05) is 12.1 Å². The molecule has 0 aliphatic heterocycles. The number of ether oxygens (including phenoxy) is 1. The summed E-state index contributed by atoms with van der Waals surface area (Å²) in [7, 11) is 0. The van der Waals surface area contributed by atoms with Gasteiger partial charge in [0.15, 0.2) is 0 Å². The van der Waals surface area contributed by atoms with Gasteiger partial charge in [0.2, 0.25) is 11.5 Å². The number of hydrogen-bond donors (Lipinski definition) is 0. The number of carbonyl (C=O) groups excluding carboxylic acids is 1. The number of carbonyl (C=O) groups is 1. The zero-order chi connectivity index (χ0) is 22.7. The van der Waals surface area contributed by atoms with Crippen LogP contribution in [0.2, 0.25) is 0 Å². The van der Waals surface area contributed by atoms with Crippen molar-refractivity contribution < 1.29 is 19.2 Å². The first-order valence-corrected chi connectivity index (χ1v) is 10.2. The molecule has 0 bridgehead atoms. The van der Waals surface area contributed by atoms with E-state index in [2.05, 4.69) is 20.1 Å².